The fraction of sp³-hybridized carbons (Fsp3) is 0.188. The monoisotopic (exact) mass is 339 g/mol. The zero-order chi connectivity index (χ0) is 16.5. The Morgan fingerprint density at radius 3 is 3.08 bits per heavy atom. The van der Waals surface area contributed by atoms with Crippen LogP contribution in [0.25, 0.3) is 17.3 Å². The fourth-order valence-electron chi connectivity index (χ4n) is 2.50. The van der Waals surface area contributed by atoms with Crippen LogP contribution in [0.15, 0.2) is 30.6 Å². The second-order valence-electron chi connectivity index (χ2n) is 5.50. The first kappa shape index (κ1) is 14.7. The zero-order valence-corrected chi connectivity index (χ0v) is 14.0. The summed E-state index contributed by atoms with van der Waals surface area (Å²) in [6.07, 6.45) is 7.82. The Morgan fingerprint density at radius 2 is 2.29 bits per heavy atom. The molecule has 0 spiro atoms. The molecule has 3 aromatic heterocycles. The van der Waals surface area contributed by atoms with Gasteiger partial charge in [-0.25, -0.2) is 9.97 Å². The minimum absolute atomic E-state index is 0.584. The number of anilines is 3. The maximum absolute atomic E-state index is 6.05. The lowest BCUT2D eigenvalue weighted by atomic mass is 10.2. The van der Waals surface area contributed by atoms with E-state index in [0.29, 0.717) is 18.1 Å². The number of rotatable bonds is 4. The smallest absolute Gasteiger partial charge is 0.150 e. The molecule has 8 heteroatoms. The maximum atomic E-state index is 6.05. The summed E-state index contributed by atoms with van der Waals surface area (Å²) >= 11 is 1.65. The Morgan fingerprint density at radius 1 is 1.38 bits per heavy atom. The Labute approximate surface area is 143 Å². The van der Waals surface area contributed by atoms with Gasteiger partial charge in [0.1, 0.15) is 15.8 Å². The molecule has 0 aliphatic carbocycles. The number of hydrogen-bond donors (Lipinski definition) is 3. The molecule has 4 N–H and O–H groups in total. The van der Waals surface area contributed by atoms with Crippen molar-refractivity contribution in [3.8, 4) is 11.3 Å². The van der Waals surface area contributed by atoms with Gasteiger partial charge in [-0.15, -0.1) is 0 Å². The van der Waals surface area contributed by atoms with Gasteiger partial charge in [0, 0.05) is 25.4 Å². The quantitative estimate of drug-likeness (QED) is 0.676. The molecule has 7 nitrogen and oxygen atoms in total. The normalized spacial score (nSPS) is 12.7. The molecular formula is C16H17N7S. The molecule has 0 saturated carbocycles. The first-order valence-corrected chi connectivity index (χ1v) is 8.40. The zero-order valence-electron chi connectivity index (χ0n) is 13.2. The van der Waals surface area contributed by atoms with Gasteiger partial charge in [-0.2, -0.15) is 5.10 Å². The molecule has 4 heterocycles. The van der Waals surface area contributed by atoms with Gasteiger partial charge in [0.15, 0.2) is 0 Å². The summed E-state index contributed by atoms with van der Waals surface area (Å²) in [6.45, 7) is 1.44. The lowest BCUT2D eigenvalue weighted by molar-refractivity contribution is 0.768. The number of nitrogens with two attached hydrogens (primary N) is 1. The van der Waals surface area contributed by atoms with Crippen LogP contribution in [0.5, 0.6) is 0 Å². The van der Waals surface area contributed by atoms with Gasteiger partial charge >= 0.3 is 0 Å². The van der Waals surface area contributed by atoms with Crippen molar-refractivity contribution in [2.75, 3.05) is 22.9 Å². The molecule has 0 fully saturated rings. The van der Waals surface area contributed by atoms with Crippen molar-refractivity contribution in [2.24, 2.45) is 7.05 Å². The number of aromatic nitrogens is 4. The second kappa shape index (κ2) is 5.97. The number of nitrogens with zero attached hydrogens (tertiary/aromatic N) is 4. The van der Waals surface area contributed by atoms with E-state index in [9.17, 15) is 0 Å². The van der Waals surface area contributed by atoms with Crippen LogP contribution >= 0.6 is 11.3 Å². The summed E-state index contributed by atoms with van der Waals surface area (Å²) in [7, 11) is 1.88. The third kappa shape index (κ3) is 2.83. The SMILES string of the molecule is Cn1cc(-c2ccc(N)c(NCc3nc4c(s3)NCC=C4)n2)cn1. The highest BCUT2D eigenvalue weighted by Gasteiger charge is 2.12. The molecule has 4 rings (SSSR count). The number of thiazole rings is 1. The predicted molar refractivity (Wildman–Crippen MR) is 97.8 cm³/mol. The molecule has 3 aromatic rings. The van der Waals surface area contributed by atoms with E-state index in [2.05, 4.69) is 31.8 Å². The lowest BCUT2D eigenvalue weighted by Crippen LogP contribution is -2.05. The summed E-state index contributed by atoms with van der Waals surface area (Å²) in [5, 5.41) is 12.9. The van der Waals surface area contributed by atoms with Crippen molar-refractivity contribution in [3.05, 3.63) is 41.3 Å². The van der Waals surface area contributed by atoms with Crippen molar-refractivity contribution in [1.29, 1.82) is 0 Å². The van der Waals surface area contributed by atoms with E-state index in [1.54, 1.807) is 22.2 Å². The van der Waals surface area contributed by atoms with Crippen molar-refractivity contribution in [3.63, 3.8) is 0 Å². The first-order valence-electron chi connectivity index (χ1n) is 7.58. The Kier molecular flexibility index (Phi) is 3.66. The van der Waals surface area contributed by atoms with Crippen LogP contribution in [0.2, 0.25) is 0 Å². The van der Waals surface area contributed by atoms with Crippen LogP contribution in [0.3, 0.4) is 0 Å². The van der Waals surface area contributed by atoms with E-state index in [0.717, 1.165) is 33.5 Å². The summed E-state index contributed by atoms with van der Waals surface area (Å²) in [6, 6.07) is 3.75. The summed E-state index contributed by atoms with van der Waals surface area (Å²) < 4.78 is 1.75. The highest BCUT2D eigenvalue weighted by molar-refractivity contribution is 7.16. The highest BCUT2D eigenvalue weighted by atomic mass is 32.1. The predicted octanol–water partition coefficient (Wildman–Crippen LogP) is 2.57. The Balaban J connectivity index is 1.53. The molecule has 0 unspecified atom stereocenters. The average molecular weight is 339 g/mol. The van der Waals surface area contributed by atoms with Gasteiger partial charge in [-0.3, -0.25) is 4.68 Å². The number of hydrogen-bond acceptors (Lipinski definition) is 7. The number of pyridine rings is 1. The van der Waals surface area contributed by atoms with Gasteiger partial charge < -0.3 is 16.4 Å². The van der Waals surface area contributed by atoms with E-state index in [1.807, 2.05) is 31.5 Å². The number of nitrogen functional groups attached to an aromatic ring is 1. The number of aryl methyl sites for hydroxylation is 1. The highest BCUT2D eigenvalue weighted by Crippen LogP contribution is 2.29. The van der Waals surface area contributed by atoms with Crippen LogP contribution < -0.4 is 16.4 Å². The standard InChI is InChI=1S/C16H17N7S/c1-23-9-10(7-20-23)12-5-4-11(17)15(22-12)19-8-14-21-13-3-2-6-18-16(13)24-14/h2-5,7,9,18H,6,8,17H2,1H3,(H,19,22). The van der Waals surface area contributed by atoms with Crippen LogP contribution in [-0.4, -0.2) is 26.3 Å². The molecule has 0 saturated heterocycles. The Bertz CT molecular complexity index is 909. The second-order valence-corrected chi connectivity index (χ2v) is 6.58. The van der Waals surface area contributed by atoms with Gasteiger partial charge in [0.25, 0.3) is 0 Å². The molecule has 24 heavy (non-hydrogen) atoms. The molecule has 0 radical (unpaired) electrons. The largest absolute Gasteiger partial charge is 0.396 e. The lowest BCUT2D eigenvalue weighted by Gasteiger charge is -2.08. The van der Waals surface area contributed by atoms with Gasteiger partial charge in [-0.1, -0.05) is 17.4 Å². The minimum Gasteiger partial charge on any atom is -0.396 e. The third-order valence-corrected chi connectivity index (χ3v) is 4.72. The van der Waals surface area contributed by atoms with E-state index in [-0.39, 0.29) is 0 Å². The molecule has 0 bridgehead atoms. The number of nitrogens with one attached hydrogen (secondary N) is 2. The molecule has 1 aliphatic rings. The van der Waals surface area contributed by atoms with Crippen LogP contribution in [0.4, 0.5) is 16.5 Å². The third-order valence-electron chi connectivity index (χ3n) is 3.69. The summed E-state index contributed by atoms with van der Waals surface area (Å²) in [5.41, 5.74) is 9.45. The van der Waals surface area contributed by atoms with Gasteiger partial charge in [-0.05, 0) is 18.2 Å². The molecule has 1 aliphatic heterocycles. The van der Waals surface area contributed by atoms with Crippen LogP contribution in [0, 0.1) is 0 Å². The molecular weight excluding hydrogens is 322 g/mol. The van der Waals surface area contributed by atoms with Gasteiger partial charge in [0.2, 0.25) is 0 Å². The fourth-order valence-corrected chi connectivity index (χ4v) is 3.40. The topological polar surface area (TPSA) is 93.7 Å². The summed E-state index contributed by atoms with van der Waals surface area (Å²) in [4.78, 5) is 9.21. The van der Waals surface area contributed by atoms with E-state index in [4.69, 9.17) is 5.73 Å². The van der Waals surface area contributed by atoms with Crippen LogP contribution in [0.1, 0.15) is 10.7 Å². The molecule has 122 valence electrons. The van der Waals surface area contributed by atoms with E-state index < -0.39 is 0 Å². The van der Waals surface area contributed by atoms with Crippen molar-refractivity contribution in [1.82, 2.24) is 19.7 Å². The van der Waals surface area contributed by atoms with Crippen molar-refractivity contribution >= 4 is 33.9 Å². The Hall–Kier alpha value is -2.87. The number of fused-ring (bicyclic) bond motifs is 1. The first-order chi connectivity index (χ1) is 11.7. The van der Waals surface area contributed by atoms with E-state index in [1.165, 1.54) is 0 Å². The van der Waals surface area contributed by atoms with Gasteiger partial charge in [0.05, 0.1) is 29.8 Å². The van der Waals surface area contributed by atoms with E-state index >= 15 is 0 Å². The average Bonchev–Trinajstić information content (AvgIpc) is 3.20. The van der Waals surface area contributed by atoms with Crippen molar-refractivity contribution < 1.29 is 0 Å². The van der Waals surface area contributed by atoms with Crippen LogP contribution in [-0.2, 0) is 13.6 Å². The molecule has 0 aromatic carbocycles. The maximum Gasteiger partial charge on any atom is 0.150 e. The molecule has 0 amide bonds. The minimum atomic E-state index is 0.584. The van der Waals surface area contributed by atoms with Crippen molar-refractivity contribution in [2.45, 2.75) is 6.54 Å². The summed E-state index contributed by atoms with van der Waals surface area (Å²) in [5.74, 6) is 0.660. The molecule has 0 atom stereocenters.